The highest BCUT2D eigenvalue weighted by atomic mass is 35.5. The second-order valence-corrected chi connectivity index (χ2v) is 6.61. The maximum absolute atomic E-state index is 12.4. The van der Waals surface area contributed by atoms with Gasteiger partial charge >= 0.3 is 0 Å². The van der Waals surface area contributed by atoms with E-state index in [2.05, 4.69) is 17.0 Å². The van der Waals surface area contributed by atoms with Gasteiger partial charge in [0.25, 0.3) is 0 Å². The van der Waals surface area contributed by atoms with Gasteiger partial charge in [-0.25, -0.2) is 0 Å². The topological polar surface area (TPSA) is 20.3 Å². The van der Waals surface area contributed by atoms with Crippen LogP contribution in [0.2, 0.25) is 5.02 Å². The maximum Gasteiger partial charge on any atom is 0.139 e. The molecular formula is C16H18ClNO. The van der Waals surface area contributed by atoms with Gasteiger partial charge in [0, 0.05) is 36.0 Å². The molecule has 1 aromatic carbocycles. The summed E-state index contributed by atoms with van der Waals surface area (Å²) in [5, 5.41) is 0.777. The monoisotopic (exact) mass is 275 g/mol. The summed E-state index contributed by atoms with van der Waals surface area (Å²) in [6.45, 7) is 0.998. The number of nitrogens with zero attached hydrogens (tertiary/aromatic N) is 1. The lowest BCUT2D eigenvalue weighted by Gasteiger charge is -2.47. The van der Waals surface area contributed by atoms with Crippen LogP contribution in [0.25, 0.3) is 0 Å². The average molecular weight is 276 g/mol. The van der Waals surface area contributed by atoms with Crippen LogP contribution in [-0.4, -0.2) is 29.3 Å². The number of carbonyl (C=O) groups excluding carboxylic acids is 1. The molecule has 2 nitrogen and oxygen atoms in total. The van der Waals surface area contributed by atoms with E-state index in [1.54, 1.807) is 0 Å². The number of rotatable bonds is 1. The Balaban J connectivity index is 1.72. The van der Waals surface area contributed by atoms with Gasteiger partial charge in [-0.3, -0.25) is 9.69 Å². The van der Waals surface area contributed by atoms with Crippen molar-refractivity contribution in [3.63, 3.8) is 0 Å². The van der Waals surface area contributed by atoms with Crippen molar-refractivity contribution in [3.05, 3.63) is 34.9 Å². The minimum atomic E-state index is 0.230. The SMILES string of the molecule is O=C1CCN2C3CCC2C1C(c1ccc(Cl)cc1)C3. The first kappa shape index (κ1) is 11.9. The van der Waals surface area contributed by atoms with Gasteiger partial charge in [-0.2, -0.15) is 0 Å². The summed E-state index contributed by atoms with van der Waals surface area (Å²) >= 11 is 5.98. The molecule has 3 aliphatic heterocycles. The molecule has 3 heterocycles. The molecule has 100 valence electrons. The lowest BCUT2D eigenvalue weighted by Crippen LogP contribution is -2.55. The summed E-state index contributed by atoms with van der Waals surface area (Å²) in [6.07, 6.45) is 4.39. The highest BCUT2D eigenvalue weighted by Crippen LogP contribution is 2.49. The first-order valence-corrected chi connectivity index (χ1v) is 7.66. The van der Waals surface area contributed by atoms with Gasteiger partial charge < -0.3 is 0 Å². The highest BCUT2D eigenvalue weighted by molar-refractivity contribution is 6.30. The molecule has 0 aliphatic carbocycles. The van der Waals surface area contributed by atoms with E-state index in [-0.39, 0.29) is 5.92 Å². The van der Waals surface area contributed by atoms with E-state index in [1.807, 2.05) is 12.1 Å². The molecule has 0 amide bonds. The number of hydrogen-bond acceptors (Lipinski definition) is 2. The predicted octanol–water partition coefficient (Wildman–Crippen LogP) is 3.25. The van der Waals surface area contributed by atoms with Crippen molar-refractivity contribution in [2.45, 2.75) is 43.7 Å². The molecule has 4 rings (SSSR count). The predicted molar refractivity (Wildman–Crippen MR) is 75.4 cm³/mol. The standard InChI is InChI=1S/C16H18ClNO/c17-11-3-1-10(2-4-11)13-9-12-5-6-14-16(13)15(19)7-8-18(12)14/h1-4,12-14,16H,5-9H2. The van der Waals surface area contributed by atoms with Crippen molar-refractivity contribution < 1.29 is 4.79 Å². The Kier molecular flexibility index (Phi) is 2.71. The van der Waals surface area contributed by atoms with Gasteiger partial charge in [-0.15, -0.1) is 0 Å². The third kappa shape index (κ3) is 1.77. The summed E-state index contributed by atoms with van der Waals surface area (Å²) in [6, 6.07) is 9.36. The summed E-state index contributed by atoms with van der Waals surface area (Å²) in [4.78, 5) is 15.0. The van der Waals surface area contributed by atoms with Gasteiger partial charge in [0.05, 0.1) is 0 Å². The molecule has 3 aliphatic rings. The van der Waals surface area contributed by atoms with Crippen LogP contribution in [0, 0.1) is 5.92 Å². The van der Waals surface area contributed by atoms with Crippen LogP contribution in [0.15, 0.2) is 24.3 Å². The number of Topliss-reactive ketones (excluding diaryl/α,β-unsaturated/α-hetero) is 1. The van der Waals surface area contributed by atoms with E-state index < -0.39 is 0 Å². The number of hydrogen-bond donors (Lipinski definition) is 0. The lowest BCUT2D eigenvalue weighted by molar-refractivity contribution is -0.132. The Morgan fingerprint density at radius 3 is 2.74 bits per heavy atom. The second-order valence-electron chi connectivity index (χ2n) is 6.17. The largest absolute Gasteiger partial charge is 0.299 e. The van der Waals surface area contributed by atoms with Crippen LogP contribution in [0.5, 0.6) is 0 Å². The molecule has 5 atom stereocenters. The van der Waals surface area contributed by atoms with Crippen molar-refractivity contribution in [3.8, 4) is 0 Å². The Hall–Kier alpha value is -0.860. The van der Waals surface area contributed by atoms with Crippen LogP contribution in [0.3, 0.4) is 0 Å². The first-order chi connectivity index (χ1) is 9.24. The molecule has 0 N–H and O–H groups in total. The molecule has 0 saturated carbocycles. The number of halogens is 1. The molecule has 3 fully saturated rings. The van der Waals surface area contributed by atoms with Gasteiger partial charge in [0.2, 0.25) is 0 Å². The zero-order valence-electron chi connectivity index (χ0n) is 10.9. The van der Waals surface area contributed by atoms with Gasteiger partial charge in [-0.1, -0.05) is 23.7 Å². The molecule has 0 radical (unpaired) electrons. The van der Waals surface area contributed by atoms with E-state index in [0.29, 0.717) is 23.8 Å². The Morgan fingerprint density at radius 2 is 1.95 bits per heavy atom. The molecule has 1 aromatic rings. The summed E-state index contributed by atoms with van der Waals surface area (Å²) in [5.74, 6) is 1.13. The summed E-state index contributed by atoms with van der Waals surface area (Å²) in [7, 11) is 0. The maximum atomic E-state index is 12.4. The first-order valence-electron chi connectivity index (χ1n) is 7.28. The van der Waals surface area contributed by atoms with E-state index in [0.717, 1.165) is 24.4 Å². The molecule has 0 spiro atoms. The summed E-state index contributed by atoms with van der Waals surface area (Å²) in [5.41, 5.74) is 1.31. The van der Waals surface area contributed by atoms with Gasteiger partial charge in [0.15, 0.2) is 0 Å². The van der Waals surface area contributed by atoms with E-state index >= 15 is 0 Å². The molecular weight excluding hydrogens is 258 g/mol. The van der Waals surface area contributed by atoms with Crippen molar-refractivity contribution >= 4 is 17.4 Å². The smallest absolute Gasteiger partial charge is 0.139 e. The highest BCUT2D eigenvalue weighted by Gasteiger charge is 2.52. The van der Waals surface area contributed by atoms with Gasteiger partial charge in [0.1, 0.15) is 5.78 Å². The molecule has 19 heavy (non-hydrogen) atoms. The Bertz CT molecular complexity index is 512. The van der Waals surface area contributed by atoms with E-state index in [9.17, 15) is 4.79 Å². The number of benzene rings is 1. The Morgan fingerprint density at radius 1 is 1.16 bits per heavy atom. The zero-order chi connectivity index (χ0) is 13.0. The normalized spacial score (nSPS) is 40.5. The quantitative estimate of drug-likeness (QED) is 0.784. The molecule has 5 unspecified atom stereocenters. The third-order valence-electron chi connectivity index (χ3n) is 5.35. The average Bonchev–Trinajstić information content (AvgIpc) is 2.69. The van der Waals surface area contributed by atoms with Crippen LogP contribution in [0.4, 0.5) is 0 Å². The molecule has 4 bridgehead atoms. The van der Waals surface area contributed by atoms with Crippen molar-refractivity contribution in [2.24, 2.45) is 5.92 Å². The Labute approximate surface area is 118 Å². The molecule has 0 aromatic heterocycles. The van der Waals surface area contributed by atoms with Crippen molar-refractivity contribution in [2.75, 3.05) is 6.54 Å². The molecule has 3 saturated heterocycles. The second kappa shape index (κ2) is 4.32. The fourth-order valence-electron chi connectivity index (χ4n) is 4.56. The minimum absolute atomic E-state index is 0.230. The minimum Gasteiger partial charge on any atom is -0.299 e. The van der Waals surface area contributed by atoms with E-state index in [1.165, 1.54) is 18.4 Å². The van der Waals surface area contributed by atoms with Crippen molar-refractivity contribution in [1.82, 2.24) is 4.90 Å². The third-order valence-corrected chi connectivity index (χ3v) is 5.60. The fourth-order valence-corrected chi connectivity index (χ4v) is 4.69. The number of ketones is 1. The van der Waals surface area contributed by atoms with Gasteiger partial charge in [-0.05, 0) is 42.9 Å². The lowest BCUT2D eigenvalue weighted by atomic mass is 9.71. The van der Waals surface area contributed by atoms with Crippen LogP contribution < -0.4 is 0 Å². The van der Waals surface area contributed by atoms with E-state index in [4.69, 9.17) is 11.6 Å². The summed E-state index contributed by atoms with van der Waals surface area (Å²) < 4.78 is 0. The molecule has 3 heteroatoms. The fraction of sp³-hybridized carbons (Fsp3) is 0.562. The van der Waals surface area contributed by atoms with Crippen LogP contribution in [-0.2, 0) is 4.79 Å². The number of piperidine rings is 2. The zero-order valence-corrected chi connectivity index (χ0v) is 11.6. The van der Waals surface area contributed by atoms with Crippen molar-refractivity contribution in [1.29, 1.82) is 0 Å². The number of carbonyl (C=O) groups is 1. The van der Waals surface area contributed by atoms with Crippen LogP contribution >= 0.6 is 11.6 Å². The van der Waals surface area contributed by atoms with Crippen LogP contribution in [0.1, 0.15) is 37.2 Å².